The lowest BCUT2D eigenvalue weighted by molar-refractivity contribution is -0.113. The summed E-state index contributed by atoms with van der Waals surface area (Å²) in [6, 6.07) is 3.56. The summed E-state index contributed by atoms with van der Waals surface area (Å²) < 4.78 is 16.1. The Morgan fingerprint density at radius 3 is 2.31 bits per heavy atom. The van der Waals surface area contributed by atoms with E-state index in [-0.39, 0.29) is 5.91 Å². The average Bonchev–Trinajstić information content (AvgIpc) is 3.02. The molecule has 0 bridgehead atoms. The minimum atomic E-state index is -0.208. The van der Waals surface area contributed by atoms with Gasteiger partial charge in [-0.25, -0.2) is 0 Å². The van der Waals surface area contributed by atoms with Crippen LogP contribution in [0.1, 0.15) is 25.3 Å². The molecule has 0 N–H and O–H groups in total. The predicted octanol–water partition coefficient (Wildman–Crippen LogP) is 3.41. The van der Waals surface area contributed by atoms with Crippen molar-refractivity contribution in [3.05, 3.63) is 22.6 Å². The van der Waals surface area contributed by atoms with Gasteiger partial charge in [-0.05, 0) is 42.7 Å². The second kappa shape index (κ2) is 8.03. The third-order valence-corrected chi connectivity index (χ3v) is 5.73. The third kappa shape index (κ3) is 3.82. The molecule has 2 aliphatic heterocycles. The Morgan fingerprint density at radius 1 is 1.08 bits per heavy atom. The van der Waals surface area contributed by atoms with E-state index in [1.165, 1.54) is 11.8 Å². The first-order chi connectivity index (χ1) is 12.5. The summed E-state index contributed by atoms with van der Waals surface area (Å²) in [5, 5.41) is 0.799. The van der Waals surface area contributed by atoms with Gasteiger partial charge in [0.15, 0.2) is 16.7 Å². The zero-order valence-corrected chi connectivity index (χ0v) is 16.4. The number of methoxy groups -OCH3 is 3. The Kier molecular flexibility index (Phi) is 5.76. The van der Waals surface area contributed by atoms with Gasteiger partial charge in [-0.15, -0.1) is 0 Å². The van der Waals surface area contributed by atoms with Crippen molar-refractivity contribution in [2.45, 2.75) is 19.8 Å². The zero-order valence-electron chi connectivity index (χ0n) is 15.6. The van der Waals surface area contributed by atoms with Crippen LogP contribution in [-0.2, 0) is 4.79 Å². The van der Waals surface area contributed by atoms with Gasteiger partial charge in [-0.2, -0.15) is 4.99 Å². The number of hydrogen-bond acceptors (Lipinski definition) is 6. The highest BCUT2D eigenvalue weighted by atomic mass is 32.2. The number of carbonyl (C=O) groups is 1. The number of thioether (sulfide) groups is 1. The van der Waals surface area contributed by atoms with Crippen LogP contribution < -0.4 is 14.2 Å². The monoisotopic (exact) mass is 376 g/mol. The molecule has 3 rings (SSSR count). The van der Waals surface area contributed by atoms with E-state index < -0.39 is 0 Å². The van der Waals surface area contributed by atoms with Crippen LogP contribution in [-0.4, -0.2) is 50.4 Å². The fourth-order valence-corrected chi connectivity index (χ4v) is 4.00. The summed E-state index contributed by atoms with van der Waals surface area (Å²) in [5.74, 6) is 2.31. The number of benzene rings is 1. The maximum absolute atomic E-state index is 12.4. The normalized spacial score (nSPS) is 19.7. The molecule has 0 unspecified atom stereocenters. The molecule has 0 radical (unpaired) electrons. The lowest BCUT2D eigenvalue weighted by Crippen LogP contribution is -2.35. The van der Waals surface area contributed by atoms with E-state index in [2.05, 4.69) is 16.8 Å². The van der Waals surface area contributed by atoms with Gasteiger partial charge in [0, 0.05) is 24.7 Å². The molecule has 1 saturated heterocycles. The first kappa shape index (κ1) is 18.6. The number of carbonyl (C=O) groups excluding carboxylic acids is 1. The third-order valence-electron chi connectivity index (χ3n) is 4.69. The first-order valence-corrected chi connectivity index (χ1v) is 9.45. The number of nitrogens with zero attached hydrogens (tertiary/aromatic N) is 2. The van der Waals surface area contributed by atoms with Crippen LogP contribution in [0.3, 0.4) is 0 Å². The number of piperidine rings is 1. The molecule has 2 aliphatic rings. The van der Waals surface area contributed by atoms with Crippen molar-refractivity contribution in [3.8, 4) is 17.2 Å². The van der Waals surface area contributed by atoms with Crippen molar-refractivity contribution in [1.29, 1.82) is 0 Å². The van der Waals surface area contributed by atoms with E-state index in [4.69, 9.17) is 14.2 Å². The highest BCUT2D eigenvalue weighted by Gasteiger charge is 2.28. The highest BCUT2D eigenvalue weighted by Crippen LogP contribution is 2.38. The molecule has 0 aromatic heterocycles. The predicted molar refractivity (Wildman–Crippen MR) is 104 cm³/mol. The molecule has 0 aliphatic carbocycles. The fourth-order valence-electron chi connectivity index (χ4n) is 3.04. The van der Waals surface area contributed by atoms with Gasteiger partial charge in [0.1, 0.15) is 5.75 Å². The standard InChI is InChI=1S/C19H24N2O4S/c1-12-5-7-21(8-6-12)19-20-18(22)17(26-19)10-13-9-15(24-3)16(25-4)11-14(13)23-2/h9-12H,5-8H2,1-4H3. The molecule has 6 nitrogen and oxygen atoms in total. The maximum atomic E-state index is 12.4. The van der Waals surface area contributed by atoms with Gasteiger partial charge in [0.25, 0.3) is 5.91 Å². The molecule has 1 aromatic rings. The number of likely N-dealkylation sites (tertiary alicyclic amines) is 1. The van der Waals surface area contributed by atoms with Gasteiger partial charge in [0.05, 0.1) is 26.2 Å². The zero-order chi connectivity index (χ0) is 18.7. The van der Waals surface area contributed by atoms with Gasteiger partial charge in [-0.3, -0.25) is 4.79 Å². The van der Waals surface area contributed by atoms with Crippen molar-refractivity contribution < 1.29 is 19.0 Å². The number of hydrogen-bond donors (Lipinski definition) is 0. The second-order valence-corrected chi connectivity index (χ2v) is 7.44. The van der Waals surface area contributed by atoms with E-state index in [1.54, 1.807) is 39.5 Å². The number of amides is 1. The molecule has 1 fully saturated rings. The summed E-state index contributed by atoms with van der Waals surface area (Å²) in [7, 11) is 4.74. The minimum absolute atomic E-state index is 0.208. The largest absolute Gasteiger partial charge is 0.496 e. The van der Waals surface area contributed by atoms with Crippen LogP contribution in [0.2, 0.25) is 0 Å². The van der Waals surface area contributed by atoms with Crippen LogP contribution in [0.15, 0.2) is 22.0 Å². The smallest absolute Gasteiger partial charge is 0.286 e. The molecule has 1 amide bonds. The van der Waals surface area contributed by atoms with E-state index in [0.717, 1.165) is 42.6 Å². The number of amidine groups is 1. The van der Waals surface area contributed by atoms with E-state index >= 15 is 0 Å². The summed E-state index contributed by atoms with van der Waals surface area (Å²) in [6.07, 6.45) is 4.07. The summed E-state index contributed by atoms with van der Waals surface area (Å²) >= 11 is 1.42. The van der Waals surface area contributed by atoms with Gasteiger partial charge >= 0.3 is 0 Å². The molecule has 2 heterocycles. The van der Waals surface area contributed by atoms with E-state index in [9.17, 15) is 4.79 Å². The van der Waals surface area contributed by atoms with E-state index in [0.29, 0.717) is 22.2 Å². The van der Waals surface area contributed by atoms with Crippen molar-refractivity contribution >= 4 is 28.9 Å². The lowest BCUT2D eigenvalue weighted by atomic mass is 10.00. The van der Waals surface area contributed by atoms with Crippen molar-refractivity contribution in [3.63, 3.8) is 0 Å². The maximum Gasteiger partial charge on any atom is 0.286 e. The van der Waals surface area contributed by atoms with Crippen LogP contribution in [0.5, 0.6) is 17.2 Å². The average molecular weight is 376 g/mol. The molecule has 1 aromatic carbocycles. The topological polar surface area (TPSA) is 60.4 Å². The summed E-state index contributed by atoms with van der Waals surface area (Å²) in [4.78, 5) is 19.4. The van der Waals surface area contributed by atoms with Gasteiger partial charge < -0.3 is 19.1 Å². The number of rotatable bonds is 4. The Balaban J connectivity index is 1.84. The molecule has 26 heavy (non-hydrogen) atoms. The SMILES string of the molecule is COc1cc(OC)c(OC)cc1C=C1SC(N2CCC(C)CC2)=NC1=O. The molecular formula is C19H24N2O4S. The molecule has 140 valence electrons. The Morgan fingerprint density at radius 2 is 1.69 bits per heavy atom. The van der Waals surface area contributed by atoms with Crippen molar-refractivity contribution in [1.82, 2.24) is 4.90 Å². The quantitative estimate of drug-likeness (QED) is 0.751. The van der Waals surface area contributed by atoms with Crippen molar-refractivity contribution in [2.24, 2.45) is 10.9 Å². The molecule has 0 atom stereocenters. The number of ether oxygens (including phenoxy) is 3. The van der Waals surface area contributed by atoms with E-state index in [1.807, 2.05) is 0 Å². The second-order valence-electron chi connectivity index (χ2n) is 6.43. The minimum Gasteiger partial charge on any atom is -0.496 e. The first-order valence-electron chi connectivity index (χ1n) is 8.63. The lowest BCUT2D eigenvalue weighted by Gasteiger charge is -2.30. The number of aliphatic imine (C=N–C) groups is 1. The van der Waals surface area contributed by atoms with Crippen molar-refractivity contribution in [2.75, 3.05) is 34.4 Å². The van der Waals surface area contributed by atoms with Crippen LogP contribution in [0.4, 0.5) is 0 Å². The fraction of sp³-hybridized carbons (Fsp3) is 0.474. The molecule has 7 heteroatoms. The van der Waals surface area contributed by atoms with Gasteiger partial charge in [0.2, 0.25) is 0 Å². The molecule has 0 saturated carbocycles. The molecule has 0 spiro atoms. The Labute approximate surface area is 158 Å². The van der Waals surface area contributed by atoms with Gasteiger partial charge in [-0.1, -0.05) is 6.92 Å². The summed E-state index contributed by atoms with van der Waals surface area (Å²) in [5.41, 5.74) is 0.754. The summed E-state index contributed by atoms with van der Waals surface area (Å²) in [6.45, 7) is 4.17. The Bertz CT molecular complexity index is 752. The van der Waals surface area contributed by atoms with Crippen LogP contribution >= 0.6 is 11.8 Å². The Hall–Kier alpha value is -2.15. The molecular weight excluding hydrogens is 352 g/mol. The highest BCUT2D eigenvalue weighted by molar-refractivity contribution is 8.18. The van der Waals surface area contributed by atoms with Crippen LogP contribution in [0, 0.1) is 5.92 Å². The van der Waals surface area contributed by atoms with Crippen LogP contribution in [0.25, 0.3) is 6.08 Å².